The van der Waals surface area contributed by atoms with Crippen LogP contribution >= 0.6 is 14.5 Å². The maximum atomic E-state index is 10.5. The lowest BCUT2D eigenvalue weighted by molar-refractivity contribution is 0.314. The molecule has 0 radical (unpaired) electrons. The van der Waals surface area contributed by atoms with E-state index >= 15 is 0 Å². The Morgan fingerprint density at radius 3 is 1.38 bits per heavy atom. The van der Waals surface area contributed by atoms with Crippen molar-refractivity contribution in [3.63, 3.8) is 0 Å². The average molecular weight is 232 g/mol. The summed E-state index contributed by atoms with van der Waals surface area (Å²) in [6.07, 6.45) is -0.545. The van der Waals surface area contributed by atoms with Crippen LogP contribution in [0.25, 0.3) is 0 Å². The van der Waals surface area contributed by atoms with Crippen LogP contribution in [0.5, 0.6) is 0 Å². The molecule has 1 unspecified atom stereocenters. The third kappa shape index (κ3) is 15.1. The van der Waals surface area contributed by atoms with Crippen LogP contribution in [-0.4, -0.2) is 50.0 Å². The minimum absolute atomic E-state index is 0.174. The Labute approximate surface area is 78.9 Å². The molecule has 0 aromatic rings. The van der Waals surface area contributed by atoms with Crippen molar-refractivity contribution in [3.8, 4) is 0 Å². The molecule has 0 aliphatic heterocycles. The zero-order valence-corrected chi connectivity index (χ0v) is 10.2. The van der Waals surface area contributed by atoms with Crippen molar-refractivity contribution in [2.24, 2.45) is 0 Å². The molecule has 0 aliphatic rings. The standard InChI is InChI=1S/C3H9O3P.C3H9O2P/c1-6-7(2,5)3-4;1-6(2,5)3-4/h4H,3H2,1-2H3;4H,3H2,1-2H3. The highest BCUT2D eigenvalue weighted by molar-refractivity contribution is 7.62. The summed E-state index contributed by atoms with van der Waals surface area (Å²) in [4.78, 5) is 0. The first-order chi connectivity index (χ1) is 5.68. The number of aliphatic hydroxyl groups is 2. The van der Waals surface area contributed by atoms with E-state index in [0.29, 0.717) is 0 Å². The lowest BCUT2D eigenvalue weighted by Gasteiger charge is -2.03. The van der Waals surface area contributed by atoms with Crippen LogP contribution in [0.1, 0.15) is 0 Å². The van der Waals surface area contributed by atoms with Crippen molar-refractivity contribution in [2.75, 3.05) is 39.8 Å². The first-order valence-electron chi connectivity index (χ1n) is 3.56. The van der Waals surface area contributed by atoms with E-state index in [1.807, 2.05) is 0 Å². The van der Waals surface area contributed by atoms with Gasteiger partial charge in [0.1, 0.15) is 13.5 Å². The highest BCUT2D eigenvalue weighted by Crippen LogP contribution is 2.39. The summed E-state index contributed by atoms with van der Waals surface area (Å²) in [6, 6.07) is 0. The molecule has 0 saturated carbocycles. The highest BCUT2D eigenvalue weighted by Gasteiger charge is 2.08. The van der Waals surface area contributed by atoms with E-state index in [1.165, 1.54) is 13.8 Å². The van der Waals surface area contributed by atoms with Gasteiger partial charge in [0, 0.05) is 13.8 Å². The summed E-state index contributed by atoms with van der Waals surface area (Å²) in [7, 11) is -3.37. The average Bonchev–Trinajstić information content (AvgIpc) is 2.04. The second-order valence-corrected chi connectivity index (χ2v) is 9.16. The van der Waals surface area contributed by atoms with Gasteiger partial charge in [0.2, 0.25) is 7.37 Å². The van der Waals surface area contributed by atoms with Crippen molar-refractivity contribution in [3.05, 3.63) is 0 Å². The number of rotatable bonds is 3. The SMILES string of the molecule is COP(C)(=O)CO.CP(C)(=O)CO. The van der Waals surface area contributed by atoms with Crippen LogP contribution in [0.4, 0.5) is 0 Å². The van der Waals surface area contributed by atoms with Crippen LogP contribution in [0.2, 0.25) is 0 Å². The maximum Gasteiger partial charge on any atom is 0.224 e. The second kappa shape index (κ2) is 6.74. The Morgan fingerprint density at radius 2 is 1.38 bits per heavy atom. The minimum Gasteiger partial charge on any atom is -0.389 e. The summed E-state index contributed by atoms with van der Waals surface area (Å²) in [6.45, 7) is 4.48. The van der Waals surface area contributed by atoms with E-state index in [0.717, 1.165) is 0 Å². The molecule has 0 fully saturated rings. The topological polar surface area (TPSA) is 83.8 Å². The number of aliphatic hydroxyl groups excluding tert-OH is 2. The molecule has 5 nitrogen and oxygen atoms in total. The van der Waals surface area contributed by atoms with Crippen LogP contribution < -0.4 is 0 Å². The van der Waals surface area contributed by atoms with Gasteiger partial charge in [-0.3, -0.25) is 4.57 Å². The number of hydrogen-bond acceptors (Lipinski definition) is 5. The Morgan fingerprint density at radius 1 is 1.08 bits per heavy atom. The fraction of sp³-hybridized carbons (Fsp3) is 1.00. The van der Waals surface area contributed by atoms with Crippen molar-refractivity contribution >= 4 is 14.5 Å². The zero-order valence-electron chi connectivity index (χ0n) is 8.43. The molecule has 1 atom stereocenters. The Balaban J connectivity index is 0. The van der Waals surface area contributed by atoms with E-state index in [-0.39, 0.29) is 12.7 Å². The van der Waals surface area contributed by atoms with Crippen molar-refractivity contribution in [2.45, 2.75) is 0 Å². The summed E-state index contributed by atoms with van der Waals surface area (Å²) in [5.41, 5.74) is 0. The van der Waals surface area contributed by atoms with Gasteiger partial charge in [0.25, 0.3) is 0 Å². The fourth-order valence-corrected chi connectivity index (χ4v) is 0.173. The van der Waals surface area contributed by atoms with Gasteiger partial charge in [-0.15, -0.1) is 0 Å². The summed E-state index contributed by atoms with van der Waals surface area (Å²) in [5, 5.41) is 16.3. The van der Waals surface area contributed by atoms with Crippen LogP contribution in [0.3, 0.4) is 0 Å². The summed E-state index contributed by atoms with van der Waals surface area (Å²) < 4.78 is 25.2. The van der Waals surface area contributed by atoms with Gasteiger partial charge in [0.05, 0.1) is 6.35 Å². The van der Waals surface area contributed by atoms with Crippen molar-refractivity contribution in [1.29, 1.82) is 0 Å². The quantitative estimate of drug-likeness (QED) is 0.710. The smallest absolute Gasteiger partial charge is 0.224 e. The summed E-state index contributed by atoms with van der Waals surface area (Å²) in [5.74, 6) is 0. The van der Waals surface area contributed by atoms with Gasteiger partial charge in [0.15, 0.2) is 0 Å². The van der Waals surface area contributed by atoms with Gasteiger partial charge in [-0.2, -0.15) is 0 Å². The minimum atomic E-state index is -2.60. The lowest BCUT2D eigenvalue weighted by Crippen LogP contribution is -1.86. The van der Waals surface area contributed by atoms with E-state index in [9.17, 15) is 9.13 Å². The zero-order chi connectivity index (χ0) is 11.1. The third-order valence-electron chi connectivity index (χ3n) is 0.984. The molecular weight excluding hydrogens is 214 g/mol. The molecule has 0 aliphatic carbocycles. The first kappa shape index (κ1) is 15.8. The predicted octanol–water partition coefficient (Wildman–Crippen LogP) is 1.05. The largest absolute Gasteiger partial charge is 0.389 e. The van der Waals surface area contributed by atoms with E-state index in [4.69, 9.17) is 10.2 Å². The predicted molar refractivity (Wildman–Crippen MR) is 54.2 cm³/mol. The molecule has 0 aromatic carbocycles. The molecule has 0 amide bonds. The molecule has 0 rings (SSSR count). The van der Waals surface area contributed by atoms with Crippen LogP contribution in [0, 0.1) is 0 Å². The Hall–Kier alpha value is 0.340. The molecule has 2 N–H and O–H groups in total. The Bertz CT molecular complexity index is 201. The monoisotopic (exact) mass is 232 g/mol. The lowest BCUT2D eigenvalue weighted by atomic mass is 11.7. The highest BCUT2D eigenvalue weighted by atomic mass is 31.2. The molecule has 0 heterocycles. The normalized spacial score (nSPS) is 15.5. The van der Waals surface area contributed by atoms with E-state index in [2.05, 4.69) is 4.52 Å². The second-order valence-electron chi connectivity index (χ2n) is 3.05. The Kier molecular flexibility index (Phi) is 8.19. The number of hydrogen-bond donors (Lipinski definition) is 2. The van der Waals surface area contributed by atoms with Gasteiger partial charge < -0.3 is 19.3 Å². The molecule has 13 heavy (non-hydrogen) atoms. The van der Waals surface area contributed by atoms with Crippen molar-refractivity contribution < 1.29 is 23.9 Å². The fourth-order valence-electron chi connectivity index (χ4n) is 0.0577. The van der Waals surface area contributed by atoms with Gasteiger partial charge in [-0.25, -0.2) is 0 Å². The molecular formula is C6H18O5P2. The molecule has 0 saturated heterocycles. The molecule has 82 valence electrons. The first-order valence-corrected chi connectivity index (χ1v) is 8.61. The van der Waals surface area contributed by atoms with E-state index < -0.39 is 14.5 Å². The van der Waals surface area contributed by atoms with Gasteiger partial charge in [-0.1, -0.05) is 0 Å². The van der Waals surface area contributed by atoms with Crippen molar-refractivity contribution in [1.82, 2.24) is 0 Å². The third-order valence-corrected chi connectivity index (χ3v) is 2.95. The van der Waals surface area contributed by atoms with Gasteiger partial charge in [-0.05, 0) is 13.3 Å². The maximum absolute atomic E-state index is 10.5. The van der Waals surface area contributed by atoms with Gasteiger partial charge >= 0.3 is 0 Å². The van der Waals surface area contributed by atoms with E-state index in [1.54, 1.807) is 13.3 Å². The molecule has 7 heteroatoms. The molecule has 0 bridgehead atoms. The molecule has 0 aromatic heterocycles. The molecule has 0 spiro atoms. The van der Waals surface area contributed by atoms with Crippen LogP contribution in [0.15, 0.2) is 0 Å². The summed E-state index contributed by atoms with van der Waals surface area (Å²) >= 11 is 0. The van der Waals surface area contributed by atoms with Crippen LogP contribution in [-0.2, 0) is 13.7 Å².